The zero-order chi connectivity index (χ0) is 16.5. The molecule has 0 radical (unpaired) electrons. The van der Waals surface area contributed by atoms with Gasteiger partial charge in [-0.15, -0.1) is 0 Å². The lowest BCUT2D eigenvalue weighted by Gasteiger charge is -2.41. The van der Waals surface area contributed by atoms with Crippen molar-refractivity contribution in [2.45, 2.75) is 37.5 Å². The van der Waals surface area contributed by atoms with Crippen LogP contribution in [0.3, 0.4) is 0 Å². The van der Waals surface area contributed by atoms with E-state index in [9.17, 15) is 19.7 Å². The third-order valence-electron chi connectivity index (χ3n) is 3.06. The number of hydrogen-bond donors (Lipinski definition) is 3. The van der Waals surface area contributed by atoms with Gasteiger partial charge in [0, 0.05) is 12.7 Å². The second kappa shape index (κ2) is 9.79. The molecule has 3 N–H and O–H groups in total. The number of amides is 1. The minimum absolute atomic E-state index is 0.326. The fraction of sp³-hybridized carbons (Fsp3) is 0.909. The maximum Gasteiger partial charge on any atom is 0.230 e. The zero-order valence-corrected chi connectivity index (χ0v) is 13.1. The second-order valence-electron chi connectivity index (χ2n) is 4.66. The number of carbonyl (C=O) groups excluding carboxylic acids is 1. The van der Waals surface area contributed by atoms with E-state index in [2.05, 4.69) is 21.2 Å². The smallest absolute Gasteiger partial charge is 0.230 e. The largest absolute Gasteiger partial charge is 0.388 e. The van der Waals surface area contributed by atoms with Crippen molar-refractivity contribution in [1.82, 2.24) is 10.9 Å². The van der Waals surface area contributed by atoms with Gasteiger partial charge in [-0.3, -0.25) is 10.2 Å². The number of nitrogens with one attached hydrogen (secondary N) is 2. The summed E-state index contributed by atoms with van der Waals surface area (Å²) < 4.78 is 11.0. The highest BCUT2D eigenvalue weighted by molar-refractivity contribution is 7.98. The number of aliphatic hydroxyl groups is 1. The van der Waals surface area contributed by atoms with Crippen LogP contribution in [0, 0.1) is 9.81 Å². The van der Waals surface area contributed by atoms with Crippen LogP contribution >= 0.6 is 11.8 Å². The Bertz CT molecular complexity index is 388. The van der Waals surface area contributed by atoms with Gasteiger partial charge in [0.2, 0.25) is 5.91 Å². The summed E-state index contributed by atoms with van der Waals surface area (Å²) in [5.41, 5.74) is 4.89. The van der Waals surface area contributed by atoms with E-state index in [0.717, 1.165) is 0 Å². The Hall–Kier alpha value is -1.14. The lowest BCUT2D eigenvalue weighted by atomic mass is 9.95. The van der Waals surface area contributed by atoms with Gasteiger partial charge in [0.15, 0.2) is 6.29 Å². The molecule has 0 saturated carbocycles. The molecule has 1 saturated heterocycles. The summed E-state index contributed by atoms with van der Waals surface area (Å²) >= 11 is 1.55. The molecule has 1 rings (SSSR count). The van der Waals surface area contributed by atoms with Crippen molar-refractivity contribution >= 4 is 17.7 Å². The monoisotopic (exact) mass is 336 g/mol. The Labute approximate surface area is 131 Å². The first-order valence-electron chi connectivity index (χ1n) is 6.62. The molecule has 0 aliphatic carbocycles. The minimum Gasteiger partial charge on any atom is -0.388 e. The van der Waals surface area contributed by atoms with Crippen LogP contribution in [0.1, 0.15) is 6.92 Å². The van der Waals surface area contributed by atoms with Gasteiger partial charge in [-0.1, -0.05) is 10.4 Å². The number of rotatable bonds is 9. The third-order valence-corrected chi connectivity index (χ3v) is 3.64. The van der Waals surface area contributed by atoms with Gasteiger partial charge >= 0.3 is 0 Å². The van der Waals surface area contributed by atoms with Gasteiger partial charge in [-0.25, -0.2) is 5.43 Å². The number of nitrogens with zero attached hydrogens (tertiary/aromatic N) is 2. The molecule has 0 bridgehead atoms. The van der Waals surface area contributed by atoms with E-state index in [-0.39, 0.29) is 6.54 Å². The van der Waals surface area contributed by atoms with E-state index in [0.29, 0.717) is 12.4 Å². The molecule has 5 unspecified atom stereocenters. The Kier molecular flexibility index (Phi) is 8.42. The number of aliphatic hydroxyl groups excluding tert-OH is 1. The van der Waals surface area contributed by atoms with E-state index >= 15 is 0 Å². The van der Waals surface area contributed by atoms with Gasteiger partial charge in [0.05, 0.1) is 6.61 Å². The molecule has 0 aromatic heterocycles. The van der Waals surface area contributed by atoms with Crippen LogP contribution in [0.4, 0.5) is 0 Å². The molecule has 1 aliphatic rings. The molecule has 0 aromatic rings. The molecule has 0 aromatic carbocycles. The van der Waals surface area contributed by atoms with Crippen molar-refractivity contribution in [2.75, 3.05) is 25.2 Å². The summed E-state index contributed by atoms with van der Waals surface area (Å²) in [6.45, 7) is 1.27. The summed E-state index contributed by atoms with van der Waals surface area (Å²) in [5.74, 6) is 0.295. The third kappa shape index (κ3) is 5.25. The highest BCUT2D eigenvalue weighted by atomic mass is 32.2. The highest BCUT2D eigenvalue weighted by Gasteiger charge is 2.47. The van der Waals surface area contributed by atoms with E-state index in [1.165, 1.54) is 6.92 Å². The van der Waals surface area contributed by atoms with Crippen molar-refractivity contribution in [3.63, 3.8) is 0 Å². The normalized spacial score (nSPS) is 31.5. The van der Waals surface area contributed by atoms with E-state index in [4.69, 9.17) is 9.47 Å². The Morgan fingerprint density at radius 2 is 2.18 bits per heavy atom. The van der Waals surface area contributed by atoms with Crippen LogP contribution in [0.15, 0.2) is 10.4 Å². The number of nitroso groups, excluding NO2 is 2. The number of carbonyl (C=O) groups is 1. The number of ether oxygens (including phenoxy) is 2. The number of hydrazine groups is 1. The molecule has 1 heterocycles. The molecule has 22 heavy (non-hydrogen) atoms. The van der Waals surface area contributed by atoms with Crippen LogP contribution in [0.25, 0.3) is 0 Å². The van der Waals surface area contributed by atoms with Crippen molar-refractivity contribution in [3.8, 4) is 0 Å². The summed E-state index contributed by atoms with van der Waals surface area (Å²) in [7, 11) is 0. The predicted octanol–water partition coefficient (Wildman–Crippen LogP) is -0.637. The second-order valence-corrected chi connectivity index (χ2v) is 5.64. The molecular weight excluding hydrogens is 316 g/mol. The average Bonchev–Trinajstić information content (AvgIpc) is 2.48. The van der Waals surface area contributed by atoms with Crippen LogP contribution in [-0.2, 0) is 14.3 Å². The molecule has 1 amide bonds. The van der Waals surface area contributed by atoms with Gasteiger partial charge in [0.1, 0.15) is 30.8 Å². The minimum atomic E-state index is -1.33. The Morgan fingerprint density at radius 3 is 2.73 bits per heavy atom. The van der Waals surface area contributed by atoms with Crippen molar-refractivity contribution in [3.05, 3.63) is 9.81 Å². The van der Waals surface area contributed by atoms with Crippen molar-refractivity contribution in [2.24, 2.45) is 10.4 Å². The fourth-order valence-electron chi connectivity index (χ4n) is 2.01. The van der Waals surface area contributed by atoms with Gasteiger partial charge in [-0.05, 0) is 6.26 Å². The average molecular weight is 336 g/mol. The van der Waals surface area contributed by atoms with Crippen molar-refractivity contribution < 1.29 is 19.4 Å². The molecular formula is C11H20N4O6S. The first-order valence-corrected chi connectivity index (χ1v) is 8.02. The summed E-state index contributed by atoms with van der Waals surface area (Å²) in [6.07, 6.45) is -1.38. The number of hydrogen-bond acceptors (Lipinski definition) is 10. The zero-order valence-electron chi connectivity index (χ0n) is 12.3. The first-order chi connectivity index (χ1) is 10.5. The highest BCUT2D eigenvalue weighted by Crippen LogP contribution is 2.24. The quantitative estimate of drug-likeness (QED) is 0.287. The molecule has 10 nitrogen and oxygen atoms in total. The summed E-state index contributed by atoms with van der Waals surface area (Å²) in [4.78, 5) is 32.5. The van der Waals surface area contributed by atoms with Crippen LogP contribution in [0.2, 0.25) is 0 Å². The molecule has 11 heteroatoms. The van der Waals surface area contributed by atoms with Crippen molar-refractivity contribution in [1.29, 1.82) is 0 Å². The molecule has 126 valence electrons. The fourth-order valence-corrected chi connectivity index (χ4v) is 2.28. The Balaban J connectivity index is 2.84. The van der Waals surface area contributed by atoms with Gasteiger partial charge in [0.25, 0.3) is 0 Å². The predicted molar refractivity (Wildman–Crippen MR) is 80.0 cm³/mol. The molecule has 5 atom stereocenters. The molecule has 1 aliphatic heterocycles. The SMILES string of the molecule is CSCCOC1OC(CN=O)C(O)C(N=O)C1NNC(C)=O. The summed E-state index contributed by atoms with van der Waals surface area (Å²) in [6, 6.07) is -2.05. The van der Waals surface area contributed by atoms with E-state index in [1.807, 2.05) is 6.26 Å². The maximum atomic E-state index is 11.1. The standard InChI is InChI=1S/C11H20N4O6S/c1-6(16)13-14-9-8(15-19)10(17)7(5-12-18)21-11(9)20-3-4-22-2/h7-11,14,17H,3-5H2,1-2H3,(H,13,16). The molecule has 0 spiro atoms. The van der Waals surface area contributed by atoms with E-state index in [1.54, 1.807) is 11.8 Å². The topological polar surface area (TPSA) is 139 Å². The lowest BCUT2D eigenvalue weighted by molar-refractivity contribution is -0.237. The Morgan fingerprint density at radius 1 is 1.45 bits per heavy atom. The van der Waals surface area contributed by atoms with E-state index < -0.39 is 36.5 Å². The van der Waals surface area contributed by atoms with Gasteiger partial charge in [-0.2, -0.15) is 21.6 Å². The van der Waals surface area contributed by atoms with Crippen LogP contribution in [0.5, 0.6) is 0 Å². The number of thioether (sulfide) groups is 1. The van der Waals surface area contributed by atoms with Crippen LogP contribution < -0.4 is 10.9 Å². The van der Waals surface area contributed by atoms with Crippen LogP contribution in [-0.4, -0.2) is 66.8 Å². The first kappa shape index (κ1) is 18.9. The maximum absolute atomic E-state index is 11.1. The van der Waals surface area contributed by atoms with Gasteiger partial charge < -0.3 is 14.6 Å². The summed E-state index contributed by atoms with van der Waals surface area (Å²) in [5, 5.41) is 15.6. The lowest BCUT2D eigenvalue weighted by Crippen LogP contribution is -2.65. The molecule has 1 fully saturated rings.